The molecule has 2 N–H and O–H groups in total. The van der Waals surface area contributed by atoms with Crippen LogP contribution >= 0.6 is 23.5 Å². The first-order valence-electron chi connectivity index (χ1n) is 6.11. The van der Waals surface area contributed by atoms with Crippen molar-refractivity contribution in [1.82, 2.24) is 0 Å². The summed E-state index contributed by atoms with van der Waals surface area (Å²) in [6.07, 6.45) is 5.48. The summed E-state index contributed by atoms with van der Waals surface area (Å²) in [6, 6.07) is 10.5. The summed E-state index contributed by atoms with van der Waals surface area (Å²) in [5.74, 6) is 5.44. The van der Waals surface area contributed by atoms with E-state index in [0.717, 1.165) is 31.9 Å². The van der Waals surface area contributed by atoms with Gasteiger partial charge in [-0.1, -0.05) is 23.5 Å². The number of nitrogens with two attached hydrogens (primary N) is 1. The average Bonchev–Trinajstić information content (AvgIpc) is 2.52. The third-order valence-corrected chi connectivity index (χ3v) is 5.11. The molecular weight excluding hydrogens is 298 g/mol. The van der Waals surface area contributed by atoms with Crippen molar-refractivity contribution >= 4 is 55.8 Å². The molecule has 0 atom stereocenters. The molecule has 2 aliphatic rings. The molecule has 5 heteroatoms. The van der Waals surface area contributed by atoms with Gasteiger partial charge >= 0.3 is 0 Å². The number of hydrogen-bond donors (Lipinski definition) is 1. The van der Waals surface area contributed by atoms with Crippen molar-refractivity contribution in [3.63, 3.8) is 0 Å². The van der Waals surface area contributed by atoms with Gasteiger partial charge in [0.1, 0.15) is 0 Å². The summed E-state index contributed by atoms with van der Waals surface area (Å²) in [4.78, 5) is 11.3. The molecule has 0 radical (unpaired) electrons. The normalized spacial score (nSPS) is 14.6. The summed E-state index contributed by atoms with van der Waals surface area (Å²) in [5.41, 5.74) is 7.10. The number of nitrogens with zero attached hydrogens (tertiary/aromatic N) is 2. The first-order valence-corrected chi connectivity index (χ1v) is 7.74. The lowest BCUT2D eigenvalue weighted by Crippen LogP contribution is -1.99. The molecule has 3 nitrogen and oxygen atoms in total. The Balaban J connectivity index is 2.07. The average molecular weight is 305 g/mol. The van der Waals surface area contributed by atoms with Crippen LogP contribution in [0.2, 0.25) is 0 Å². The molecule has 2 aromatic carbocycles. The van der Waals surface area contributed by atoms with Gasteiger partial charge in [0.05, 0.1) is 11.4 Å². The van der Waals surface area contributed by atoms with E-state index >= 15 is 0 Å². The van der Waals surface area contributed by atoms with Crippen LogP contribution in [0.25, 0.3) is 10.8 Å². The van der Waals surface area contributed by atoms with E-state index in [1.54, 1.807) is 0 Å². The van der Waals surface area contributed by atoms with Crippen LogP contribution in [0.3, 0.4) is 0 Å². The van der Waals surface area contributed by atoms with Crippen LogP contribution in [0.15, 0.2) is 44.0 Å². The Morgan fingerprint density at radius 2 is 1.48 bits per heavy atom. The second kappa shape index (κ2) is 4.60. The molecule has 4 rings (SSSR count). The van der Waals surface area contributed by atoms with Crippen molar-refractivity contribution in [2.24, 2.45) is 15.7 Å². The van der Waals surface area contributed by atoms with E-state index in [4.69, 9.17) is 12.2 Å². The van der Waals surface area contributed by atoms with Crippen LogP contribution in [0.1, 0.15) is 0 Å². The molecule has 0 aliphatic carbocycles. The standard InChI is InChI=1S/C16H7N3S2/c1-2-13-18-9-3-6-12-16-10(19-14(21-12)7-8-17)4-5-11(20-13)15(9)16/h1,3-6H,17H2. The zero-order valence-electron chi connectivity index (χ0n) is 10.7. The van der Waals surface area contributed by atoms with Gasteiger partial charge in [-0.15, -0.1) is 6.42 Å². The Hall–Kier alpha value is -2.34. The van der Waals surface area contributed by atoms with Gasteiger partial charge in [0.25, 0.3) is 0 Å². The topological polar surface area (TPSA) is 50.7 Å². The second-order valence-corrected chi connectivity index (χ2v) is 6.43. The smallest absolute Gasteiger partial charge is 0.153 e. The minimum atomic E-state index is 0.687. The molecule has 2 aromatic rings. The number of aliphatic imine (C=N–C) groups is 2. The molecule has 0 fully saturated rings. The van der Waals surface area contributed by atoms with Gasteiger partial charge in [0.15, 0.2) is 10.1 Å². The fourth-order valence-corrected chi connectivity index (χ4v) is 4.17. The van der Waals surface area contributed by atoms with Crippen LogP contribution in [-0.4, -0.2) is 10.1 Å². The van der Waals surface area contributed by atoms with Crippen LogP contribution in [0.5, 0.6) is 0 Å². The molecule has 0 amide bonds. The van der Waals surface area contributed by atoms with E-state index in [2.05, 4.69) is 27.9 Å². The maximum Gasteiger partial charge on any atom is 0.153 e. The number of rotatable bonds is 0. The highest BCUT2D eigenvalue weighted by molar-refractivity contribution is 8.15. The number of thioether (sulfide) groups is 2. The largest absolute Gasteiger partial charge is 0.359 e. The van der Waals surface area contributed by atoms with Crippen LogP contribution in [0, 0.1) is 24.3 Å². The van der Waals surface area contributed by atoms with Gasteiger partial charge in [-0.25, -0.2) is 9.98 Å². The minimum absolute atomic E-state index is 0.687. The molecule has 0 spiro atoms. The van der Waals surface area contributed by atoms with Gasteiger partial charge in [-0.05, 0) is 36.1 Å². The highest BCUT2D eigenvalue weighted by Crippen LogP contribution is 2.49. The van der Waals surface area contributed by atoms with Gasteiger partial charge in [0.2, 0.25) is 0 Å². The van der Waals surface area contributed by atoms with Gasteiger partial charge in [-0.3, -0.25) is 0 Å². The Bertz CT molecular complexity index is 969. The highest BCUT2D eigenvalue weighted by Gasteiger charge is 2.22. The fraction of sp³-hybridized carbons (Fsp3) is 0. The van der Waals surface area contributed by atoms with E-state index in [-0.39, 0.29) is 0 Å². The molecule has 2 heterocycles. The summed E-state index contributed by atoms with van der Waals surface area (Å²) >= 11 is 3.05. The van der Waals surface area contributed by atoms with E-state index in [1.807, 2.05) is 24.3 Å². The van der Waals surface area contributed by atoms with E-state index in [9.17, 15) is 0 Å². The minimum Gasteiger partial charge on any atom is -0.359 e. The molecular formula is C16H7N3S2. The molecule has 2 aliphatic heterocycles. The number of benzene rings is 2. The summed E-state index contributed by atoms with van der Waals surface area (Å²) in [7, 11) is 0. The SMILES string of the molecule is C#CC1=Nc2ccc3c4c(ccc(c24)S1)N=C(C#CN)S3. The predicted octanol–water partition coefficient (Wildman–Crippen LogP) is 3.66. The van der Waals surface area contributed by atoms with E-state index in [1.165, 1.54) is 23.5 Å². The Morgan fingerprint density at radius 3 is 2.05 bits per heavy atom. The zero-order valence-corrected chi connectivity index (χ0v) is 12.3. The lowest BCUT2D eigenvalue weighted by Gasteiger charge is -2.19. The molecule has 21 heavy (non-hydrogen) atoms. The highest BCUT2D eigenvalue weighted by atomic mass is 32.2. The van der Waals surface area contributed by atoms with E-state index < -0.39 is 0 Å². The van der Waals surface area contributed by atoms with Crippen molar-refractivity contribution < 1.29 is 0 Å². The van der Waals surface area contributed by atoms with Crippen LogP contribution < -0.4 is 5.73 Å². The van der Waals surface area contributed by atoms with Crippen LogP contribution in [0.4, 0.5) is 11.4 Å². The first-order chi connectivity index (χ1) is 10.3. The molecule has 0 aromatic heterocycles. The summed E-state index contributed by atoms with van der Waals surface area (Å²) in [5, 5.41) is 3.63. The number of hydrogen-bond acceptors (Lipinski definition) is 5. The predicted molar refractivity (Wildman–Crippen MR) is 90.6 cm³/mol. The third-order valence-electron chi connectivity index (χ3n) is 3.20. The molecule has 0 bridgehead atoms. The van der Waals surface area contributed by atoms with Crippen LogP contribution in [-0.2, 0) is 0 Å². The molecule has 0 saturated heterocycles. The van der Waals surface area contributed by atoms with E-state index in [0.29, 0.717) is 10.1 Å². The first kappa shape index (κ1) is 12.4. The maximum absolute atomic E-state index is 5.48. The van der Waals surface area contributed by atoms with Gasteiger partial charge in [0, 0.05) is 26.6 Å². The monoisotopic (exact) mass is 305 g/mol. The number of terminal acetylenes is 1. The van der Waals surface area contributed by atoms with Crippen molar-refractivity contribution in [3.8, 4) is 24.3 Å². The second-order valence-electron chi connectivity index (χ2n) is 4.37. The Kier molecular flexibility index (Phi) is 2.71. The van der Waals surface area contributed by atoms with Gasteiger partial charge < -0.3 is 5.73 Å². The maximum atomic E-state index is 5.48. The van der Waals surface area contributed by atoms with Crippen molar-refractivity contribution in [2.45, 2.75) is 9.79 Å². The van der Waals surface area contributed by atoms with Crippen molar-refractivity contribution in [3.05, 3.63) is 24.3 Å². The fourth-order valence-electron chi connectivity index (χ4n) is 2.40. The van der Waals surface area contributed by atoms with Crippen molar-refractivity contribution in [1.29, 1.82) is 0 Å². The quantitative estimate of drug-likeness (QED) is 0.597. The van der Waals surface area contributed by atoms with Crippen molar-refractivity contribution in [2.75, 3.05) is 0 Å². The Morgan fingerprint density at radius 1 is 0.905 bits per heavy atom. The summed E-state index contributed by atoms with van der Waals surface area (Å²) in [6.45, 7) is 0. The molecule has 0 saturated carbocycles. The lowest BCUT2D eigenvalue weighted by molar-refractivity contribution is 1.40. The zero-order chi connectivity index (χ0) is 14.4. The van der Waals surface area contributed by atoms with Gasteiger partial charge in [-0.2, -0.15) is 0 Å². The Labute approximate surface area is 130 Å². The lowest BCUT2D eigenvalue weighted by atomic mass is 10.1. The third kappa shape index (κ3) is 1.83. The molecule has 0 unspecified atom stereocenters. The summed E-state index contributed by atoms with van der Waals surface area (Å²) < 4.78 is 0. The molecule has 98 valence electrons.